The zero-order valence-electron chi connectivity index (χ0n) is 9.32. The summed E-state index contributed by atoms with van der Waals surface area (Å²) in [7, 11) is 0. The summed E-state index contributed by atoms with van der Waals surface area (Å²) in [5.41, 5.74) is 0. The van der Waals surface area contributed by atoms with Crippen molar-refractivity contribution in [2.75, 3.05) is 31.2 Å². The number of carbonyl (C=O) groups excluding carboxylic acids is 1. The molecule has 0 saturated heterocycles. The maximum Gasteiger partial charge on any atom is 0.232 e. The summed E-state index contributed by atoms with van der Waals surface area (Å²) < 4.78 is 0. The van der Waals surface area contributed by atoms with Gasteiger partial charge in [0.05, 0.1) is 5.75 Å². The molecule has 4 heteroatoms. The fourth-order valence-corrected chi connectivity index (χ4v) is 2.05. The molecule has 0 radical (unpaired) electrons. The second kappa shape index (κ2) is 8.12. The van der Waals surface area contributed by atoms with Gasteiger partial charge in [-0.1, -0.05) is 6.92 Å². The van der Waals surface area contributed by atoms with Crippen molar-refractivity contribution in [3.63, 3.8) is 0 Å². The molecule has 84 valence electrons. The van der Waals surface area contributed by atoms with Crippen LogP contribution in [0.15, 0.2) is 0 Å². The van der Waals surface area contributed by atoms with E-state index < -0.39 is 0 Å². The van der Waals surface area contributed by atoms with Gasteiger partial charge in [-0.2, -0.15) is 11.8 Å². The minimum absolute atomic E-state index is 0.199. The Bertz CT molecular complexity index is 160. The smallest absolute Gasteiger partial charge is 0.232 e. The first kappa shape index (κ1) is 13.8. The zero-order valence-corrected chi connectivity index (χ0v) is 10.1. The Labute approximate surface area is 90.9 Å². The van der Waals surface area contributed by atoms with E-state index in [0.717, 1.165) is 18.8 Å². The molecule has 0 saturated carbocycles. The number of amides is 1. The van der Waals surface area contributed by atoms with Gasteiger partial charge in [0.2, 0.25) is 5.91 Å². The zero-order chi connectivity index (χ0) is 11.0. The minimum Gasteiger partial charge on any atom is -0.396 e. The van der Waals surface area contributed by atoms with Crippen molar-refractivity contribution in [1.29, 1.82) is 0 Å². The third-order valence-electron chi connectivity index (χ3n) is 2.06. The molecule has 0 aromatic rings. The molecule has 1 atom stereocenters. The van der Waals surface area contributed by atoms with Gasteiger partial charge in [-0.05, 0) is 25.5 Å². The molecule has 0 spiro atoms. The first-order valence-electron chi connectivity index (χ1n) is 5.12. The number of aliphatic hydroxyl groups excluding tert-OH is 1. The van der Waals surface area contributed by atoms with E-state index in [9.17, 15) is 4.79 Å². The number of hydrogen-bond acceptors (Lipinski definition) is 3. The molecular formula is C10H21NO2S. The molecule has 0 fully saturated rings. The Balaban J connectivity index is 3.62. The van der Waals surface area contributed by atoms with Gasteiger partial charge in [0.1, 0.15) is 0 Å². The fourth-order valence-electron chi connectivity index (χ4n) is 1.07. The van der Waals surface area contributed by atoms with Crippen LogP contribution >= 0.6 is 11.8 Å². The van der Waals surface area contributed by atoms with Crippen LogP contribution in [-0.2, 0) is 4.79 Å². The lowest BCUT2D eigenvalue weighted by atomic mass is 10.2. The molecule has 0 aliphatic rings. The first-order valence-corrected chi connectivity index (χ1v) is 6.27. The molecular weight excluding hydrogens is 198 g/mol. The van der Waals surface area contributed by atoms with Crippen LogP contribution in [-0.4, -0.2) is 47.1 Å². The summed E-state index contributed by atoms with van der Waals surface area (Å²) in [4.78, 5) is 13.3. The first-order chi connectivity index (χ1) is 6.65. The SMILES string of the molecule is CCN(CC)C(=O)CSCC(C)CO. The number of carbonyl (C=O) groups is 1. The molecule has 1 N–H and O–H groups in total. The van der Waals surface area contributed by atoms with E-state index >= 15 is 0 Å². The molecule has 0 heterocycles. The largest absolute Gasteiger partial charge is 0.396 e. The van der Waals surface area contributed by atoms with Gasteiger partial charge in [-0.15, -0.1) is 0 Å². The third-order valence-corrected chi connectivity index (χ3v) is 3.31. The second-order valence-corrected chi connectivity index (χ2v) is 4.40. The summed E-state index contributed by atoms with van der Waals surface area (Å²) in [6.07, 6.45) is 0. The summed E-state index contributed by atoms with van der Waals surface area (Å²) in [6, 6.07) is 0. The van der Waals surface area contributed by atoms with Crippen LogP contribution in [0.25, 0.3) is 0 Å². The van der Waals surface area contributed by atoms with Gasteiger partial charge in [0.15, 0.2) is 0 Å². The molecule has 14 heavy (non-hydrogen) atoms. The third kappa shape index (κ3) is 5.50. The van der Waals surface area contributed by atoms with E-state index in [4.69, 9.17) is 5.11 Å². The quantitative estimate of drug-likeness (QED) is 0.700. The fraction of sp³-hybridized carbons (Fsp3) is 0.900. The Kier molecular flexibility index (Phi) is 7.99. The highest BCUT2D eigenvalue weighted by Crippen LogP contribution is 2.08. The monoisotopic (exact) mass is 219 g/mol. The van der Waals surface area contributed by atoms with Gasteiger partial charge in [0, 0.05) is 19.7 Å². The van der Waals surface area contributed by atoms with Gasteiger partial charge in [-0.25, -0.2) is 0 Å². The molecule has 0 aliphatic carbocycles. The van der Waals surface area contributed by atoms with Crippen LogP contribution in [0, 0.1) is 5.92 Å². The predicted octanol–water partition coefficient (Wildman–Crippen LogP) is 1.22. The van der Waals surface area contributed by atoms with Crippen molar-refractivity contribution in [3.05, 3.63) is 0 Å². The Morgan fingerprint density at radius 1 is 1.43 bits per heavy atom. The summed E-state index contributed by atoms with van der Waals surface area (Å²) in [5, 5.41) is 8.79. The molecule has 0 rings (SSSR count). The summed E-state index contributed by atoms with van der Waals surface area (Å²) in [6.45, 7) is 7.73. The maximum atomic E-state index is 11.5. The van der Waals surface area contributed by atoms with E-state index in [0.29, 0.717) is 5.75 Å². The van der Waals surface area contributed by atoms with Crippen molar-refractivity contribution in [3.8, 4) is 0 Å². The molecule has 3 nitrogen and oxygen atoms in total. The van der Waals surface area contributed by atoms with Crippen LogP contribution < -0.4 is 0 Å². The second-order valence-electron chi connectivity index (χ2n) is 3.37. The average molecular weight is 219 g/mol. The lowest BCUT2D eigenvalue weighted by molar-refractivity contribution is -0.127. The van der Waals surface area contributed by atoms with E-state index in [1.807, 2.05) is 25.7 Å². The van der Waals surface area contributed by atoms with Gasteiger partial charge in [0.25, 0.3) is 0 Å². The highest BCUT2D eigenvalue weighted by Gasteiger charge is 2.09. The molecule has 1 unspecified atom stereocenters. The molecule has 0 aromatic heterocycles. The van der Waals surface area contributed by atoms with Crippen molar-refractivity contribution >= 4 is 17.7 Å². The summed E-state index contributed by atoms with van der Waals surface area (Å²) in [5.74, 6) is 1.87. The van der Waals surface area contributed by atoms with E-state index in [1.165, 1.54) is 0 Å². The minimum atomic E-state index is 0.199. The average Bonchev–Trinajstić information content (AvgIpc) is 2.19. The van der Waals surface area contributed by atoms with Crippen molar-refractivity contribution in [2.24, 2.45) is 5.92 Å². The highest BCUT2D eigenvalue weighted by atomic mass is 32.2. The molecule has 0 bridgehead atoms. The Morgan fingerprint density at radius 3 is 2.43 bits per heavy atom. The van der Waals surface area contributed by atoms with Crippen molar-refractivity contribution < 1.29 is 9.90 Å². The number of thioether (sulfide) groups is 1. The highest BCUT2D eigenvalue weighted by molar-refractivity contribution is 7.99. The number of nitrogens with zero attached hydrogens (tertiary/aromatic N) is 1. The standard InChI is InChI=1S/C10H21NO2S/c1-4-11(5-2)10(13)8-14-7-9(3)6-12/h9,12H,4-8H2,1-3H3. The molecule has 1 amide bonds. The maximum absolute atomic E-state index is 11.5. The topological polar surface area (TPSA) is 40.5 Å². The van der Waals surface area contributed by atoms with E-state index in [1.54, 1.807) is 11.8 Å². The lowest BCUT2D eigenvalue weighted by Crippen LogP contribution is -2.32. The van der Waals surface area contributed by atoms with Crippen LogP contribution in [0.3, 0.4) is 0 Å². The number of aliphatic hydroxyl groups is 1. The predicted molar refractivity (Wildman–Crippen MR) is 61.5 cm³/mol. The van der Waals surface area contributed by atoms with E-state index in [-0.39, 0.29) is 18.4 Å². The number of hydrogen-bond donors (Lipinski definition) is 1. The normalized spacial score (nSPS) is 12.6. The van der Waals surface area contributed by atoms with Gasteiger partial charge >= 0.3 is 0 Å². The van der Waals surface area contributed by atoms with Crippen LogP contribution in [0.1, 0.15) is 20.8 Å². The Morgan fingerprint density at radius 2 is 2.00 bits per heavy atom. The molecule has 0 aliphatic heterocycles. The summed E-state index contributed by atoms with van der Waals surface area (Å²) >= 11 is 1.60. The number of rotatable bonds is 7. The van der Waals surface area contributed by atoms with Gasteiger partial charge in [-0.3, -0.25) is 4.79 Å². The van der Waals surface area contributed by atoms with Crippen LogP contribution in [0.4, 0.5) is 0 Å². The van der Waals surface area contributed by atoms with Gasteiger partial charge < -0.3 is 10.0 Å². The van der Waals surface area contributed by atoms with E-state index in [2.05, 4.69) is 0 Å². The van der Waals surface area contributed by atoms with Crippen molar-refractivity contribution in [1.82, 2.24) is 4.90 Å². The van der Waals surface area contributed by atoms with Crippen LogP contribution in [0.2, 0.25) is 0 Å². The molecule has 0 aromatic carbocycles. The van der Waals surface area contributed by atoms with Crippen LogP contribution in [0.5, 0.6) is 0 Å². The Hall–Kier alpha value is -0.220. The lowest BCUT2D eigenvalue weighted by Gasteiger charge is -2.18. The van der Waals surface area contributed by atoms with Crippen molar-refractivity contribution in [2.45, 2.75) is 20.8 Å².